The molecule has 140 valence electrons. The molecule has 0 atom stereocenters. The standard InChI is InChI=1S/C18H13F4N3O2/c1-26-11-3-5-12(6-4-11)27-17-15(23)16(24-9-25-17)13-7-2-10(8-14(13)19)18(20,21)22/h2-9H,23H2,1H3. The van der Waals surface area contributed by atoms with Crippen LogP contribution >= 0.6 is 0 Å². The molecule has 0 fully saturated rings. The molecular formula is C18H13F4N3O2. The first kappa shape index (κ1) is 18.4. The van der Waals surface area contributed by atoms with Gasteiger partial charge in [0.05, 0.1) is 12.7 Å². The molecule has 1 aromatic heterocycles. The highest BCUT2D eigenvalue weighted by Crippen LogP contribution is 2.36. The fraction of sp³-hybridized carbons (Fsp3) is 0.111. The average Bonchev–Trinajstić information content (AvgIpc) is 2.63. The van der Waals surface area contributed by atoms with Crippen molar-refractivity contribution in [1.82, 2.24) is 9.97 Å². The van der Waals surface area contributed by atoms with E-state index in [-0.39, 0.29) is 22.8 Å². The minimum Gasteiger partial charge on any atom is -0.497 e. The largest absolute Gasteiger partial charge is 0.497 e. The smallest absolute Gasteiger partial charge is 0.416 e. The molecule has 0 radical (unpaired) electrons. The molecule has 3 rings (SSSR count). The topological polar surface area (TPSA) is 70.3 Å². The van der Waals surface area contributed by atoms with Gasteiger partial charge in [-0.05, 0) is 42.5 Å². The van der Waals surface area contributed by atoms with Gasteiger partial charge in [0, 0.05) is 5.56 Å². The van der Waals surface area contributed by atoms with Gasteiger partial charge in [0.15, 0.2) is 0 Å². The van der Waals surface area contributed by atoms with Crippen molar-refractivity contribution in [3.8, 4) is 28.6 Å². The molecule has 0 aliphatic heterocycles. The van der Waals surface area contributed by atoms with Crippen LogP contribution in [0.2, 0.25) is 0 Å². The fourth-order valence-electron chi connectivity index (χ4n) is 2.31. The maximum Gasteiger partial charge on any atom is 0.416 e. The zero-order valence-corrected chi connectivity index (χ0v) is 13.9. The van der Waals surface area contributed by atoms with Gasteiger partial charge in [-0.2, -0.15) is 18.2 Å². The summed E-state index contributed by atoms with van der Waals surface area (Å²) in [4.78, 5) is 7.77. The molecule has 2 aromatic carbocycles. The summed E-state index contributed by atoms with van der Waals surface area (Å²) in [6, 6.07) is 8.64. The summed E-state index contributed by atoms with van der Waals surface area (Å²) in [5, 5.41) is 0. The predicted octanol–water partition coefficient (Wildman–Crippen LogP) is 4.68. The third-order valence-electron chi connectivity index (χ3n) is 3.67. The lowest BCUT2D eigenvalue weighted by atomic mass is 10.1. The van der Waals surface area contributed by atoms with E-state index >= 15 is 0 Å². The lowest BCUT2D eigenvalue weighted by Crippen LogP contribution is -2.06. The Morgan fingerprint density at radius 1 is 0.963 bits per heavy atom. The Hall–Kier alpha value is -3.36. The van der Waals surface area contributed by atoms with E-state index in [2.05, 4.69) is 9.97 Å². The van der Waals surface area contributed by atoms with Crippen molar-refractivity contribution < 1.29 is 27.0 Å². The summed E-state index contributed by atoms with van der Waals surface area (Å²) in [6.07, 6.45) is -3.57. The number of halogens is 4. The van der Waals surface area contributed by atoms with E-state index in [9.17, 15) is 17.6 Å². The highest BCUT2D eigenvalue weighted by Gasteiger charge is 2.31. The fourth-order valence-corrected chi connectivity index (χ4v) is 2.31. The van der Waals surface area contributed by atoms with Crippen LogP contribution in [-0.4, -0.2) is 17.1 Å². The van der Waals surface area contributed by atoms with Gasteiger partial charge in [-0.15, -0.1) is 0 Å². The van der Waals surface area contributed by atoms with Gasteiger partial charge >= 0.3 is 6.18 Å². The Labute approximate surface area is 151 Å². The summed E-state index contributed by atoms with van der Waals surface area (Å²) >= 11 is 0. The maximum atomic E-state index is 14.2. The number of anilines is 1. The number of hydrogen-bond donors (Lipinski definition) is 1. The van der Waals surface area contributed by atoms with Crippen molar-refractivity contribution in [3.05, 3.63) is 60.2 Å². The van der Waals surface area contributed by atoms with Crippen molar-refractivity contribution >= 4 is 5.69 Å². The first-order valence-electron chi connectivity index (χ1n) is 7.59. The van der Waals surface area contributed by atoms with Crippen LogP contribution in [0.4, 0.5) is 23.2 Å². The van der Waals surface area contributed by atoms with Crippen LogP contribution in [0.3, 0.4) is 0 Å². The molecule has 9 heteroatoms. The molecule has 3 aromatic rings. The molecule has 0 saturated heterocycles. The number of alkyl halides is 3. The van der Waals surface area contributed by atoms with E-state index in [0.717, 1.165) is 18.5 Å². The molecule has 0 amide bonds. The summed E-state index contributed by atoms with van der Waals surface area (Å²) < 4.78 is 62.9. The first-order chi connectivity index (χ1) is 12.8. The minimum absolute atomic E-state index is 0.0514. The van der Waals surface area contributed by atoms with Crippen molar-refractivity contribution in [2.45, 2.75) is 6.18 Å². The number of nitrogens with zero attached hydrogens (tertiary/aromatic N) is 2. The molecule has 0 unspecified atom stereocenters. The number of rotatable bonds is 4. The minimum atomic E-state index is -4.65. The second kappa shape index (κ2) is 7.10. The quantitative estimate of drug-likeness (QED) is 0.667. The molecule has 2 N–H and O–H groups in total. The van der Waals surface area contributed by atoms with Gasteiger partial charge in [0.2, 0.25) is 5.88 Å². The van der Waals surface area contributed by atoms with Gasteiger partial charge in [0.25, 0.3) is 0 Å². The van der Waals surface area contributed by atoms with E-state index in [1.165, 1.54) is 7.11 Å². The number of benzene rings is 2. The molecule has 0 saturated carbocycles. The second-order valence-electron chi connectivity index (χ2n) is 5.41. The van der Waals surface area contributed by atoms with Crippen molar-refractivity contribution in [2.75, 3.05) is 12.8 Å². The zero-order chi connectivity index (χ0) is 19.6. The summed E-state index contributed by atoms with van der Waals surface area (Å²) in [7, 11) is 1.52. The summed E-state index contributed by atoms with van der Waals surface area (Å²) in [5.41, 5.74) is 4.48. The summed E-state index contributed by atoms with van der Waals surface area (Å²) in [5.74, 6) is -0.152. The van der Waals surface area contributed by atoms with Crippen LogP contribution in [0, 0.1) is 5.82 Å². The van der Waals surface area contributed by atoms with Gasteiger partial charge in [0.1, 0.15) is 35.0 Å². The maximum absolute atomic E-state index is 14.2. The van der Waals surface area contributed by atoms with Crippen LogP contribution in [0.25, 0.3) is 11.3 Å². The van der Waals surface area contributed by atoms with Crippen LogP contribution in [0.1, 0.15) is 5.56 Å². The first-order valence-corrected chi connectivity index (χ1v) is 7.59. The third kappa shape index (κ3) is 3.91. The monoisotopic (exact) mass is 379 g/mol. The Morgan fingerprint density at radius 2 is 1.63 bits per heavy atom. The number of ether oxygens (including phenoxy) is 2. The van der Waals surface area contributed by atoms with Crippen LogP contribution in [0.15, 0.2) is 48.8 Å². The van der Waals surface area contributed by atoms with Crippen LogP contribution in [0.5, 0.6) is 17.4 Å². The van der Waals surface area contributed by atoms with Crippen molar-refractivity contribution in [3.63, 3.8) is 0 Å². The van der Waals surface area contributed by atoms with E-state index in [0.29, 0.717) is 17.6 Å². The molecule has 1 heterocycles. The van der Waals surface area contributed by atoms with Gasteiger partial charge in [-0.1, -0.05) is 0 Å². The molecule has 0 bridgehead atoms. The van der Waals surface area contributed by atoms with Crippen molar-refractivity contribution in [1.29, 1.82) is 0 Å². The molecule has 0 aliphatic carbocycles. The molecule has 5 nitrogen and oxygen atoms in total. The SMILES string of the molecule is COc1ccc(Oc2ncnc(-c3ccc(C(F)(F)F)cc3F)c2N)cc1. The second-order valence-corrected chi connectivity index (χ2v) is 5.41. The van der Waals surface area contributed by atoms with E-state index < -0.39 is 17.6 Å². The van der Waals surface area contributed by atoms with Crippen LogP contribution in [-0.2, 0) is 6.18 Å². The molecular weight excluding hydrogens is 366 g/mol. The zero-order valence-electron chi connectivity index (χ0n) is 13.9. The number of hydrogen-bond acceptors (Lipinski definition) is 5. The van der Waals surface area contributed by atoms with Gasteiger partial charge in [-0.25, -0.2) is 9.37 Å². The van der Waals surface area contributed by atoms with E-state index in [4.69, 9.17) is 15.2 Å². The Morgan fingerprint density at radius 3 is 2.22 bits per heavy atom. The predicted molar refractivity (Wildman–Crippen MR) is 89.9 cm³/mol. The number of aromatic nitrogens is 2. The lowest BCUT2D eigenvalue weighted by molar-refractivity contribution is -0.137. The Kier molecular flexibility index (Phi) is 4.85. The molecule has 0 aliphatic rings. The average molecular weight is 379 g/mol. The van der Waals surface area contributed by atoms with E-state index in [1.54, 1.807) is 24.3 Å². The lowest BCUT2D eigenvalue weighted by Gasteiger charge is -2.12. The molecule has 0 spiro atoms. The Bertz CT molecular complexity index is 960. The normalized spacial score (nSPS) is 11.3. The molecule has 27 heavy (non-hydrogen) atoms. The summed E-state index contributed by atoms with van der Waals surface area (Å²) in [6.45, 7) is 0. The number of nitrogens with two attached hydrogens (primary N) is 1. The number of nitrogen functional groups attached to an aromatic ring is 1. The number of methoxy groups -OCH3 is 1. The van der Waals surface area contributed by atoms with E-state index in [1.807, 2.05) is 0 Å². The third-order valence-corrected chi connectivity index (χ3v) is 3.67. The highest BCUT2D eigenvalue weighted by atomic mass is 19.4. The van der Waals surface area contributed by atoms with Crippen molar-refractivity contribution in [2.24, 2.45) is 0 Å². The highest BCUT2D eigenvalue weighted by molar-refractivity contribution is 5.76. The Balaban J connectivity index is 1.95. The van der Waals surface area contributed by atoms with Gasteiger partial charge < -0.3 is 15.2 Å². The van der Waals surface area contributed by atoms with Gasteiger partial charge in [-0.3, -0.25) is 0 Å². The van der Waals surface area contributed by atoms with Crippen LogP contribution < -0.4 is 15.2 Å².